The van der Waals surface area contributed by atoms with Crippen LogP contribution in [0.2, 0.25) is 0 Å². The third-order valence-electron chi connectivity index (χ3n) is 3.65. The third-order valence-corrected chi connectivity index (χ3v) is 3.65. The van der Waals surface area contributed by atoms with Gasteiger partial charge in [-0.25, -0.2) is 0 Å². The lowest BCUT2D eigenvalue weighted by atomic mass is 10.0. The number of aryl methyl sites for hydroxylation is 2. The summed E-state index contributed by atoms with van der Waals surface area (Å²) in [4.78, 5) is 12.5. The number of nitrogens with one attached hydrogen (secondary N) is 1. The Labute approximate surface area is 132 Å². The van der Waals surface area contributed by atoms with Crippen LogP contribution in [0.5, 0.6) is 5.75 Å². The maximum Gasteiger partial charge on any atom is 0.252 e. The number of amides is 1. The fourth-order valence-electron chi connectivity index (χ4n) is 2.38. The Hall–Kier alpha value is -2.29. The average Bonchev–Trinajstić information content (AvgIpc) is 2.50. The first-order valence-corrected chi connectivity index (χ1v) is 7.62. The van der Waals surface area contributed by atoms with E-state index < -0.39 is 0 Å². The molecule has 2 rings (SSSR count). The Morgan fingerprint density at radius 1 is 1.18 bits per heavy atom. The van der Waals surface area contributed by atoms with Gasteiger partial charge < -0.3 is 10.1 Å². The van der Waals surface area contributed by atoms with Gasteiger partial charge in [-0.05, 0) is 57.0 Å². The topological polar surface area (TPSA) is 38.3 Å². The van der Waals surface area contributed by atoms with Crippen molar-refractivity contribution in [2.45, 2.75) is 33.7 Å². The second kappa shape index (κ2) is 7.12. The molecule has 1 amide bonds. The van der Waals surface area contributed by atoms with Crippen molar-refractivity contribution in [2.75, 3.05) is 6.61 Å². The van der Waals surface area contributed by atoms with E-state index in [1.54, 1.807) is 0 Å². The monoisotopic (exact) mass is 297 g/mol. The minimum atomic E-state index is -0.0761. The molecule has 116 valence electrons. The molecule has 0 aromatic heterocycles. The van der Waals surface area contributed by atoms with Gasteiger partial charge in [0.25, 0.3) is 5.91 Å². The fraction of sp³-hybridized carbons (Fsp3) is 0.316. The molecule has 3 nitrogen and oxygen atoms in total. The highest BCUT2D eigenvalue weighted by atomic mass is 16.5. The van der Waals surface area contributed by atoms with E-state index in [-0.39, 0.29) is 11.9 Å². The van der Waals surface area contributed by atoms with Crippen molar-refractivity contribution in [2.24, 2.45) is 0 Å². The summed E-state index contributed by atoms with van der Waals surface area (Å²) in [5, 5.41) is 3.06. The van der Waals surface area contributed by atoms with Gasteiger partial charge in [0, 0.05) is 5.56 Å². The van der Waals surface area contributed by atoms with Gasteiger partial charge in [0.2, 0.25) is 0 Å². The zero-order chi connectivity index (χ0) is 16.1. The van der Waals surface area contributed by atoms with Crippen LogP contribution in [0.1, 0.15) is 46.9 Å². The van der Waals surface area contributed by atoms with Crippen LogP contribution in [0.4, 0.5) is 0 Å². The van der Waals surface area contributed by atoms with Gasteiger partial charge in [-0.1, -0.05) is 29.8 Å². The SMILES string of the molecule is CCOc1cccc(C(C)NC(=O)c2cc(C)ccc2C)c1. The molecule has 3 heteroatoms. The van der Waals surface area contributed by atoms with Crippen LogP contribution in [0.15, 0.2) is 42.5 Å². The first kappa shape index (κ1) is 16.1. The Kier molecular flexibility index (Phi) is 5.21. The summed E-state index contributed by atoms with van der Waals surface area (Å²) < 4.78 is 5.51. The van der Waals surface area contributed by atoms with Gasteiger partial charge in [0.15, 0.2) is 0 Å². The van der Waals surface area contributed by atoms with E-state index in [4.69, 9.17) is 4.74 Å². The second-order valence-corrected chi connectivity index (χ2v) is 5.52. The van der Waals surface area contributed by atoms with Crippen LogP contribution in [0.3, 0.4) is 0 Å². The summed E-state index contributed by atoms with van der Waals surface area (Å²) in [7, 11) is 0. The smallest absolute Gasteiger partial charge is 0.252 e. The standard InChI is InChI=1S/C19H23NO2/c1-5-22-17-8-6-7-16(12-17)15(4)20-19(21)18-11-13(2)9-10-14(18)3/h6-12,15H,5H2,1-4H3,(H,20,21). The molecular formula is C19H23NO2. The molecule has 0 fully saturated rings. The summed E-state index contributed by atoms with van der Waals surface area (Å²) >= 11 is 0. The van der Waals surface area contributed by atoms with Crippen molar-refractivity contribution >= 4 is 5.91 Å². The first-order valence-electron chi connectivity index (χ1n) is 7.62. The predicted octanol–water partition coefficient (Wildman–Crippen LogP) is 4.19. The molecule has 0 aliphatic rings. The van der Waals surface area contributed by atoms with E-state index in [2.05, 4.69) is 5.32 Å². The van der Waals surface area contributed by atoms with Crippen LogP contribution in [0.25, 0.3) is 0 Å². The molecule has 1 atom stereocenters. The molecule has 0 aliphatic heterocycles. The Balaban J connectivity index is 2.14. The number of carbonyl (C=O) groups excluding carboxylic acids is 1. The van der Waals surface area contributed by atoms with Crippen LogP contribution < -0.4 is 10.1 Å². The molecule has 2 aromatic carbocycles. The number of benzene rings is 2. The molecule has 2 aromatic rings. The highest BCUT2D eigenvalue weighted by Crippen LogP contribution is 2.20. The van der Waals surface area contributed by atoms with E-state index in [1.807, 2.05) is 70.2 Å². The summed E-state index contributed by atoms with van der Waals surface area (Å²) in [6, 6.07) is 13.7. The fourth-order valence-corrected chi connectivity index (χ4v) is 2.38. The number of hydrogen-bond acceptors (Lipinski definition) is 2. The zero-order valence-corrected chi connectivity index (χ0v) is 13.6. The Morgan fingerprint density at radius 3 is 2.68 bits per heavy atom. The van der Waals surface area contributed by atoms with E-state index in [9.17, 15) is 4.79 Å². The Morgan fingerprint density at radius 2 is 1.95 bits per heavy atom. The summed E-state index contributed by atoms with van der Waals surface area (Å²) in [5.74, 6) is 0.781. The Bertz CT molecular complexity index is 664. The van der Waals surface area contributed by atoms with Crippen molar-refractivity contribution in [3.05, 3.63) is 64.7 Å². The molecular weight excluding hydrogens is 274 g/mol. The van der Waals surface area contributed by atoms with Gasteiger partial charge in [0.05, 0.1) is 12.6 Å². The van der Waals surface area contributed by atoms with Gasteiger partial charge in [0.1, 0.15) is 5.75 Å². The van der Waals surface area contributed by atoms with Gasteiger partial charge in [-0.2, -0.15) is 0 Å². The zero-order valence-electron chi connectivity index (χ0n) is 13.6. The van der Waals surface area contributed by atoms with Crippen LogP contribution in [0, 0.1) is 13.8 Å². The quantitative estimate of drug-likeness (QED) is 0.898. The van der Waals surface area contributed by atoms with Gasteiger partial charge in [-0.15, -0.1) is 0 Å². The molecule has 1 unspecified atom stereocenters. The molecule has 0 saturated heterocycles. The number of hydrogen-bond donors (Lipinski definition) is 1. The molecule has 0 saturated carbocycles. The van der Waals surface area contributed by atoms with E-state index in [0.29, 0.717) is 6.61 Å². The number of ether oxygens (including phenoxy) is 1. The highest BCUT2D eigenvalue weighted by molar-refractivity contribution is 5.96. The lowest BCUT2D eigenvalue weighted by molar-refractivity contribution is 0.0939. The van der Waals surface area contributed by atoms with Gasteiger partial charge in [-0.3, -0.25) is 4.79 Å². The van der Waals surface area contributed by atoms with Crippen molar-refractivity contribution < 1.29 is 9.53 Å². The molecule has 0 spiro atoms. The molecule has 1 N–H and O–H groups in total. The summed E-state index contributed by atoms with van der Waals surface area (Å²) in [5.41, 5.74) is 3.83. The molecule has 0 bridgehead atoms. The van der Waals surface area contributed by atoms with E-state index >= 15 is 0 Å². The lowest BCUT2D eigenvalue weighted by Gasteiger charge is -2.16. The molecule has 0 aliphatic carbocycles. The maximum absolute atomic E-state index is 12.5. The largest absolute Gasteiger partial charge is 0.494 e. The minimum Gasteiger partial charge on any atom is -0.494 e. The van der Waals surface area contributed by atoms with Crippen molar-refractivity contribution in [3.8, 4) is 5.75 Å². The minimum absolute atomic E-state index is 0.0458. The second-order valence-electron chi connectivity index (χ2n) is 5.52. The third kappa shape index (κ3) is 3.88. The maximum atomic E-state index is 12.5. The predicted molar refractivity (Wildman–Crippen MR) is 89.4 cm³/mol. The van der Waals surface area contributed by atoms with Crippen LogP contribution >= 0.6 is 0 Å². The molecule has 0 heterocycles. The molecule has 0 radical (unpaired) electrons. The van der Waals surface area contributed by atoms with Crippen LogP contribution in [-0.2, 0) is 0 Å². The first-order chi connectivity index (χ1) is 10.5. The van der Waals surface area contributed by atoms with E-state index in [0.717, 1.165) is 28.0 Å². The highest BCUT2D eigenvalue weighted by Gasteiger charge is 2.14. The number of carbonyl (C=O) groups is 1. The van der Waals surface area contributed by atoms with Crippen molar-refractivity contribution in [1.82, 2.24) is 5.32 Å². The number of rotatable bonds is 5. The van der Waals surface area contributed by atoms with Crippen molar-refractivity contribution in [1.29, 1.82) is 0 Å². The summed E-state index contributed by atoms with van der Waals surface area (Å²) in [6.45, 7) is 8.51. The van der Waals surface area contributed by atoms with E-state index in [1.165, 1.54) is 0 Å². The average molecular weight is 297 g/mol. The summed E-state index contributed by atoms with van der Waals surface area (Å²) in [6.07, 6.45) is 0. The van der Waals surface area contributed by atoms with Gasteiger partial charge >= 0.3 is 0 Å². The van der Waals surface area contributed by atoms with Crippen molar-refractivity contribution in [3.63, 3.8) is 0 Å². The lowest BCUT2D eigenvalue weighted by Crippen LogP contribution is -2.27. The normalized spacial score (nSPS) is 11.8. The van der Waals surface area contributed by atoms with Crippen LogP contribution in [-0.4, -0.2) is 12.5 Å². The molecule has 22 heavy (non-hydrogen) atoms.